The molecule has 0 amide bonds. The first-order chi connectivity index (χ1) is 1.91. The van der Waals surface area contributed by atoms with Gasteiger partial charge >= 0.3 is 68.9 Å². The summed E-state index contributed by atoms with van der Waals surface area (Å²) < 4.78 is 0. The van der Waals surface area contributed by atoms with E-state index < -0.39 is 0 Å². The molecule has 0 fully saturated rings. The van der Waals surface area contributed by atoms with E-state index in [2.05, 4.69) is 4.89 Å². The Balaban J connectivity index is 0. The van der Waals surface area contributed by atoms with Gasteiger partial charge in [-0.1, -0.05) is 0 Å². The zero-order valence-corrected chi connectivity index (χ0v) is 9.08. The van der Waals surface area contributed by atoms with Crippen LogP contribution in [0.15, 0.2) is 0 Å². The summed E-state index contributed by atoms with van der Waals surface area (Å²) in [7, 11) is 0. The summed E-state index contributed by atoms with van der Waals surface area (Å²) in [5.41, 5.74) is 0. The molecular weight excluding hydrogens is 193 g/mol. The topological polar surface area (TPSA) is 49.4 Å². The summed E-state index contributed by atoms with van der Waals surface area (Å²) in [6.45, 7) is -0.181. The minimum atomic E-state index is -0.181. The maximum Gasteiger partial charge on any atom is 1.00 e. The molecule has 0 aliphatic heterocycles. The molecule has 0 rings (SSSR count). The Hall–Kier alpha value is 1.48. The number of carbonyl (C=O) groups excluding carboxylic acids is 1. The van der Waals surface area contributed by atoms with Crippen LogP contribution in [0.3, 0.4) is 0 Å². The van der Waals surface area contributed by atoms with Gasteiger partial charge in [-0.3, -0.25) is 4.79 Å². The van der Waals surface area contributed by atoms with Crippen molar-refractivity contribution in [2.24, 2.45) is 0 Å². The van der Waals surface area contributed by atoms with E-state index in [1.165, 1.54) is 0 Å². The SMILES string of the molecule is O=CO[O-].[Cs+]. The van der Waals surface area contributed by atoms with Gasteiger partial charge in [0.1, 0.15) is 0 Å². The van der Waals surface area contributed by atoms with Crippen LogP contribution in [0.1, 0.15) is 0 Å². The fraction of sp³-hybridized carbons (Fsp3) is 0. The van der Waals surface area contributed by atoms with Gasteiger partial charge < -0.3 is 10.1 Å². The molecule has 24 valence electrons. The maximum atomic E-state index is 8.64. The monoisotopic (exact) mass is 194 g/mol. The third-order valence-corrected chi connectivity index (χ3v) is 0.0393. The van der Waals surface area contributed by atoms with E-state index in [0.717, 1.165) is 0 Å². The predicted octanol–water partition coefficient (Wildman–Crippen LogP) is -4.56. The van der Waals surface area contributed by atoms with Crippen molar-refractivity contribution in [1.29, 1.82) is 0 Å². The van der Waals surface area contributed by atoms with Crippen LogP contribution in [0.4, 0.5) is 0 Å². The third kappa shape index (κ3) is 10.8. The minimum absolute atomic E-state index is 0. The summed E-state index contributed by atoms with van der Waals surface area (Å²) in [6, 6.07) is 0. The largest absolute Gasteiger partial charge is 1.00 e. The van der Waals surface area contributed by atoms with Crippen molar-refractivity contribution in [3.05, 3.63) is 0 Å². The first-order valence-corrected chi connectivity index (χ1v) is 0.638. The summed E-state index contributed by atoms with van der Waals surface area (Å²) in [4.78, 5) is 11.2. The Kier molecular flexibility index (Phi) is 17.6. The minimum Gasteiger partial charge on any atom is -0.662 e. The molecular formula is CHCsO3. The van der Waals surface area contributed by atoms with Crippen molar-refractivity contribution in [2.75, 3.05) is 0 Å². The van der Waals surface area contributed by atoms with Crippen LogP contribution in [0.25, 0.3) is 0 Å². The Morgan fingerprint density at radius 1 is 1.80 bits per heavy atom. The van der Waals surface area contributed by atoms with Gasteiger partial charge in [0.25, 0.3) is 6.47 Å². The van der Waals surface area contributed by atoms with E-state index in [0.29, 0.717) is 0 Å². The van der Waals surface area contributed by atoms with Gasteiger partial charge in [-0.25, -0.2) is 0 Å². The average Bonchev–Trinajstić information content (AvgIpc) is 1.37. The molecule has 0 bridgehead atoms. The normalized spacial score (nSPS) is 4.20. The van der Waals surface area contributed by atoms with E-state index in [1.807, 2.05) is 0 Å². The number of hydrogen-bond acceptors (Lipinski definition) is 3. The quantitative estimate of drug-likeness (QED) is 0.240. The van der Waals surface area contributed by atoms with Gasteiger partial charge in [-0.05, 0) is 0 Å². The first kappa shape index (κ1) is 9.70. The van der Waals surface area contributed by atoms with E-state index in [9.17, 15) is 0 Å². The molecule has 0 aliphatic rings. The van der Waals surface area contributed by atoms with Crippen LogP contribution in [0, 0.1) is 0 Å². The second-order valence-corrected chi connectivity index (χ2v) is 0.192. The fourth-order valence-corrected chi connectivity index (χ4v) is 0. The van der Waals surface area contributed by atoms with Crippen LogP contribution >= 0.6 is 0 Å². The molecule has 0 N–H and O–H groups in total. The fourth-order valence-electron chi connectivity index (χ4n) is 0. The van der Waals surface area contributed by atoms with Crippen LogP contribution in [-0.2, 0) is 9.68 Å². The van der Waals surface area contributed by atoms with Crippen molar-refractivity contribution >= 4 is 6.47 Å². The summed E-state index contributed by atoms with van der Waals surface area (Å²) in [5, 5.41) is 8.43. The average molecular weight is 194 g/mol. The smallest absolute Gasteiger partial charge is 0.662 e. The zero-order valence-electron chi connectivity index (χ0n) is 2.80. The standard InChI is InChI=1S/CH2O3.Cs/c2-1-4-3;/h1,3H;/q;+1/p-1. The van der Waals surface area contributed by atoms with Gasteiger partial charge in [0, 0.05) is 0 Å². The molecule has 0 aliphatic carbocycles. The number of carbonyl (C=O) groups is 1. The van der Waals surface area contributed by atoms with Gasteiger partial charge in [0.2, 0.25) is 0 Å². The van der Waals surface area contributed by atoms with Gasteiger partial charge in [0.15, 0.2) is 0 Å². The molecule has 0 atom stereocenters. The van der Waals surface area contributed by atoms with Crippen LogP contribution in [0.5, 0.6) is 0 Å². The molecule has 0 spiro atoms. The molecule has 0 radical (unpaired) electrons. The van der Waals surface area contributed by atoms with Crippen molar-refractivity contribution in [3.8, 4) is 0 Å². The zero-order chi connectivity index (χ0) is 3.41. The molecule has 0 aromatic carbocycles. The summed E-state index contributed by atoms with van der Waals surface area (Å²) in [6.07, 6.45) is 0. The van der Waals surface area contributed by atoms with Crippen molar-refractivity contribution in [2.45, 2.75) is 0 Å². The molecule has 0 heterocycles. The molecule has 4 heteroatoms. The molecule has 0 aromatic heterocycles. The summed E-state index contributed by atoms with van der Waals surface area (Å²) >= 11 is 0. The van der Waals surface area contributed by atoms with E-state index in [1.54, 1.807) is 0 Å². The van der Waals surface area contributed by atoms with Crippen molar-refractivity contribution in [3.63, 3.8) is 0 Å². The maximum absolute atomic E-state index is 8.64. The second kappa shape index (κ2) is 9.08. The van der Waals surface area contributed by atoms with Crippen molar-refractivity contribution in [1.82, 2.24) is 0 Å². The molecule has 0 unspecified atom stereocenters. The number of hydrogen-bond donors (Lipinski definition) is 0. The van der Waals surface area contributed by atoms with Crippen LogP contribution in [0.2, 0.25) is 0 Å². The number of rotatable bonds is 1. The molecule has 0 saturated carbocycles. The molecule has 0 saturated heterocycles. The third-order valence-electron chi connectivity index (χ3n) is 0.0393. The first-order valence-electron chi connectivity index (χ1n) is 0.638. The van der Waals surface area contributed by atoms with E-state index >= 15 is 0 Å². The van der Waals surface area contributed by atoms with E-state index in [-0.39, 0.29) is 75.4 Å². The van der Waals surface area contributed by atoms with Crippen molar-refractivity contribution < 1.29 is 83.8 Å². The van der Waals surface area contributed by atoms with Crippen LogP contribution in [-0.4, -0.2) is 6.47 Å². The van der Waals surface area contributed by atoms with Crippen LogP contribution < -0.4 is 74.2 Å². The summed E-state index contributed by atoms with van der Waals surface area (Å²) in [5.74, 6) is 0. The molecule has 5 heavy (non-hydrogen) atoms. The Bertz CT molecular complexity index is 20.9. The van der Waals surface area contributed by atoms with Gasteiger partial charge in [-0.15, -0.1) is 0 Å². The van der Waals surface area contributed by atoms with E-state index in [4.69, 9.17) is 10.1 Å². The van der Waals surface area contributed by atoms with Gasteiger partial charge in [-0.2, -0.15) is 0 Å². The second-order valence-electron chi connectivity index (χ2n) is 0.192. The Labute approximate surface area is 88.0 Å². The molecule has 3 nitrogen and oxygen atoms in total. The molecule has 0 aromatic rings. The Morgan fingerprint density at radius 2 is 2.00 bits per heavy atom. The van der Waals surface area contributed by atoms with Gasteiger partial charge in [0.05, 0.1) is 0 Å². The Morgan fingerprint density at radius 3 is 2.00 bits per heavy atom. The predicted molar refractivity (Wildman–Crippen MR) is 7.15 cm³/mol.